The molecule has 0 fully saturated rings. The fourth-order valence-electron chi connectivity index (χ4n) is 2.27. The predicted octanol–water partition coefficient (Wildman–Crippen LogP) is 4.36. The Morgan fingerprint density at radius 2 is 1.68 bits per heavy atom. The minimum atomic E-state index is -3.72. The van der Waals surface area contributed by atoms with Crippen LogP contribution >= 0.6 is 22.9 Å². The van der Waals surface area contributed by atoms with E-state index in [0.29, 0.717) is 26.2 Å². The number of benzene rings is 2. The fourth-order valence-corrected chi connectivity index (χ4v) is 4.09. The summed E-state index contributed by atoms with van der Waals surface area (Å²) in [6.45, 7) is 1.69. The summed E-state index contributed by atoms with van der Waals surface area (Å²) in [6, 6.07) is 18.2. The largest absolute Gasteiger partial charge is 0.321 e. The van der Waals surface area contributed by atoms with Crippen LogP contribution in [0.2, 0.25) is 4.34 Å². The van der Waals surface area contributed by atoms with E-state index < -0.39 is 10.0 Å². The van der Waals surface area contributed by atoms with Crippen molar-refractivity contribution in [1.29, 1.82) is 0 Å². The monoisotopic (exact) mass is 433 g/mol. The van der Waals surface area contributed by atoms with E-state index in [2.05, 4.69) is 15.2 Å². The highest BCUT2D eigenvalue weighted by atomic mass is 35.5. The molecule has 2 N–H and O–H groups in total. The molecule has 0 bridgehead atoms. The Labute approximate surface area is 171 Å². The second-order valence-corrected chi connectivity index (χ2v) is 9.12. The third-order valence-corrected chi connectivity index (χ3v) is 6.20. The number of rotatable bonds is 6. The van der Waals surface area contributed by atoms with Gasteiger partial charge in [0, 0.05) is 5.69 Å². The zero-order valence-corrected chi connectivity index (χ0v) is 17.1. The van der Waals surface area contributed by atoms with Crippen molar-refractivity contribution in [1.82, 2.24) is 4.83 Å². The van der Waals surface area contributed by atoms with Gasteiger partial charge in [-0.25, -0.2) is 0 Å². The quantitative estimate of drug-likeness (QED) is 0.447. The van der Waals surface area contributed by atoms with Crippen molar-refractivity contribution in [3.8, 4) is 0 Å². The molecule has 0 saturated carbocycles. The molecule has 28 heavy (non-hydrogen) atoms. The number of nitrogens with one attached hydrogen (secondary N) is 2. The lowest BCUT2D eigenvalue weighted by Crippen LogP contribution is -2.19. The van der Waals surface area contributed by atoms with Gasteiger partial charge < -0.3 is 5.32 Å². The van der Waals surface area contributed by atoms with Crippen LogP contribution in [0.3, 0.4) is 0 Å². The number of nitrogens with zero attached hydrogens (tertiary/aromatic N) is 1. The van der Waals surface area contributed by atoms with Crippen molar-refractivity contribution in [3.63, 3.8) is 0 Å². The van der Waals surface area contributed by atoms with Crippen LogP contribution in [0.4, 0.5) is 5.69 Å². The predicted molar refractivity (Wildman–Crippen MR) is 113 cm³/mol. The van der Waals surface area contributed by atoms with Crippen LogP contribution in [0.15, 0.2) is 76.7 Å². The van der Waals surface area contributed by atoms with Crippen molar-refractivity contribution in [2.75, 3.05) is 5.32 Å². The zero-order chi connectivity index (χ0) is 20.1. The smallest absolute Gasteiger partial charge is 0.276 e. The number of halogens is 1. The summed E-state index contributed by atoms with van der Waals surface area (Å²) in [4.78, 5) is 15.0. The number of carbonyl (C=O) groups is 1. The maximum Gasteiger partial charge on any atom is 0.276 e. The molecule has 6 nitrogen and oxygen atoms in total. The van der Waals surface area contributed by atoms with Crippen LogP contribution in [0.5, 0.6) is 0 Å². The van der Waals surface area contributed by atoms with Gasteiger partial charge in [0.1, 0.15) is 0 Å². The molecule has 0 atom stereocenters. The molecule has 3 aromatic rings. The molecule has 0 aliphatic rings. The number of amides is 1. The lowest BCUT2D eigenvalue weighted by molar-refractivity contribution is 0.103. The first kappa shape index (κ1) is 20.1. The highest BCUT2D eigenvalue weighted by Crippen LogP contribution is 2.22. The molecule has 0 spiro atoms. The number of hydrogen-bond acceptors (Lipinski definition) is 5. The van der Waals surface area contributed by atoms with Gasteiger partial charge in [0.25, 0.3) is 15.9 Å². The lowest BCUT2D eigenvalue weighted by Gasteiger charge is -2.07. The summed E-state index contributed by atoms with van der Waals surface area (Å²) < 4.78 is 25.0. The standard InChI is InChI=1S/C19H16ClN3O3S2/c1-13(22-23-28(25,26)16-5-3-2-4-6-16)14-7-9-15(10-8-14)21-19(24)17-11-12-18(20)27-17/h2-12,23H,1H3,(H,21,24)/b22-13+. The number of thiophene rings is 1. The van der Waals surface area contributed by atoms with E-state index in [1.54, 1.807) is 61.5 Å². The van der Waals surface area contributed by atoms with Gasteiger partial charge in [-0.05, 0) is 48.9 Å². The van der Waals surface area contributed by atoms with Crippen LogP contribution in [-0.2, 0) is 10.0 Å². The van der Waals surface area contributed by atoms with Crippen LogP contribution in [0.25, 0.3) is 0 Å². The van der Waals surface area contributed by atoms with Crippen LogP contribution in [0, 0.1) is 0 Å². The minimum Gasteiger partial charge on any atom is -0.321 e. The summed E-state index contributed by atoms with van der Waals surface area (Å²) >= 11 is 7.04. The van der Waals surface area contributed by atoms with Crippen molar-refractivity contribution >= 4 is 50.3 Å². The first-order valence-electron chi connectivity index (χ1n) is 8.13. The Kier molecular flexibility index (Phi) is 6.13. The van der Waals surface area contributed by atoms with E-state index in [0.717, 1.165) is 0 Å². The normalized spacial score (nSPS) is 11.9. The summed E-state index contributed by atoms with van der Waals surface area (Å²) in [7, 11) is -3.72. The lowest BCUT2D eigenvalue weighted by atomic mass is 10.1. The van der Waals surface area contributed by atoms with Crippen LogP contribution < -0.4 is 10.1 Å². The third kappa shape index (κ3) is 4.98. The molecule has 3 rings (SSSR count). The Balaban J connectivity index is 1.67. The number of sulfonamides is 1. The Bertz CT molecular complexity index is 1110. The average Bonchev–Trinajstić information content (AvgIpc) is 3.14. The molecule has 0 saturated heterocycles. The van der Waals surface area contributed by atoms with Gasteiger partial charge in [-0.1, -0.05) is 41.9 Å². The van der Waals surface area contributed by atoms with Crippen LogP contribution in [0.1, 0.15) is 22.2 Å². The Morgan fingerprint density at radius 3 is 2.29 bits per heavy atom. The second kappa shape index (κ2) is 8.55. The minimum absolute atomic E-state index is 0.137. The van der Waals surface area contributed by atoms with Crippen molar-refractivity contribution in [2.24, 2.45) is 5.10 Å². The molecule has 2 aromatic carbocycles. The molecule has 1 heterocycles. The first-order chi connectivity index (χ1) is 13.3. The molecule has 0 aliphatic heterocycles. The van der Waals surface area contributed by atoms with Gasteiger partial charge in [-0.15, -0.1) is 11.3 Å². The fraction of sp³-hybridized carbons (Fsp3) is 0.0526. The molecular formula is C19H16ClN3O3S2. The second-order valence-electron chi connectivity index (χ2n) is 5.74. The molecule has 9 heteroatoms. The van der Waals surface area contributed by atoms with Crippen molar-refractivity contribution in [2.45, 2.75) is 11.8 Å². The molecule has 0 unspecified atom stereocenters. The average molecular weight is 434 g/mol. The maximum atomic E-state index is 12.2. The maximum absolute atomic E-state index is 12.2. The SMILES string of the molecule is C/C(=N\NS(=O)(=O)c1ccccc1)c1ccc(NC(=O)c2ccc(Cl)s2)cc1. The number of carbonyl (C=O) groups excluding carboxylic acids is 1. The molecule has 1 aromatic heterocycles. The molecule has 0 radical (unpaired) electrons. The molecule has 1 amide bonds. The Hall–Kier alpha value is -2.68. The number of anilines is 1. The van der Waals surface area contributed by atoms with E-state index in [-0.39, 0.29) is 10.8 Å². The van der Waals surface area contributed by atoms with E-state index in [1.165, 1.54) is 23.5 Å². The van der Waals surface area contributed by atoms with Gasteiger partial charge in [-0.3, -0.25) is 4.79 Å². The van der Waals surface area contributed by atoms with Gasteiger partial charge >= 0.3 is 0 Å². The van der Waals surface area contributed by atoms with E-state index >= 15 is 0 Å². The van der Waals surface area contributed by atoms with E-state index in [9.17, 15) is 13.2 Å². The van der Waals surface area contributed by atoms with Gasteiger partial charge in [0.2, 0.25) is 0 Å². The Morgan fingerprint density at radius 1 is 1.00 bits per heavy atom. The summed E-state index contributed by atoms with van der Waals surface area (Å²) in [5.74, 6) is -0.245. The summed E-state index contributed by atoms with van der Waals surface area (Å²) in [5, 5.41) is 6.74. The number of hydrazone groups is 1. The third-order valence-electron chi connectivity index (χ3n) is 3.74. The van der Waals surface area contributed by atoms with E-state index in [4.69, 9.17) is 11.6 Å². The van der Waals surface area contributed by atoms with Crippen molar-refractivity contribution in [3.05, 3.63) is 81.5 Å². The molecular weight excluding hydrogens is 418 g/mol. The number of hydrogen-bond donors (Lipinski definition) is 2. The first-order valence-corrected chi connectivity index (χ1v) is 10.8. The van der Waals surface area contributed by atoms with Crippen LogP contribution in [-0.4, -0.2) is 20.0 Å². The molecule has 144 valence electrons. The highest BCUT2D eigenvalue weighted by molar-refractivity contribution is 7.89. The van der Waals surface area contributed by atoms with Crippen molar-refractivity contribution < 1.29 is 13.2 Å². The van der Waals surface area contributed by atoms with E-state index in [1.807, 2.05) is 0 Å². The summed E-state index contributed by atoms with van der Waals surface area (Å²) in [5.41, 5.74) is 1.81. The van der Waals surface area contributed by atoms with Gasteiger partial charge in [-0.2, -0.15) is 18.4 Å². The zero-order valence-electron chi connectivity index (χ0n) is 14.7. The van der Waals surface area contributed by atoms with Gasteiger partial charge in [0.05, 0.1) is 19.8 Å². The highest BCUT2D eigenvalue weighted by Gasteiger charge is 2.12. The topological polar surface area (TPSA) is 87.6 Å². The summed E-state index contributed by atoms with van der Waals surface area (Å²) in [6.07, 6.45) is 0. The molecule has 0 aliphatic carbocycles. The van der Waals surface area contributed by atoms with Gasteiger partial charge in [0.15, 0.2) is 0 Å².